The van der Waals surface area contributed by atoms with Crippen LogP contribution in [0.2, 0.25) is 0 Å². The summed E-state index contributed by atoms with van der Waals surface area (Å²) in [6.45, 7) is 6.20. The summed E-state index contributed by atoms with van der Waals surface area (Å²) in [6, 6.07) is 16.6. The molecule has 0 saturated heterocycles. The number of hydrogen-bond acceptors (Lipinski definition) is 3. The van der Waals surface area contributed by atoms with Gasteiger partial charge in [-0.2, -0.15) is 0 Å². The van der Waals surface area contributed by atoms with Crippen molar-refractivity contribution in [1.82, 2.24) is 5.43 Å². The zero-order valence-electron chi connectivity index (χ0n) is 13.0. The van der Waals surface area contributed by atoms with Crippen LogP contribution in [0.1, 0.15) is 43.5 Å². The normalized spacial score (nSPS) is 12.4. The number of hydrogen-bond donors (Lipinski definition) is 2. The van der Waals surface area contributed by atoms with Gasteiger partial charge in [0.25, 0.3) is 0 Å². The van der Waals surface area contributed by atoms with E-state index in [2.05, 4.69) is 42.7 Å². The third kappa shape index (κ3) is 4.06. The monoisotopic (exact) mass is 284 g/mol. The third-order valence-electron chi connectivity index (χ3n) is 3.45. The van der Waals surface area contributed by atoms with Gasteiger partial charge in [0.2, 0.25) is 0 Å². The van der Waals surface area contributed by atoms with Crippen LogP contribution in [0.25, 0.3) is 0 Å². The number of nitrogens with two attached hydrogens (primary N) is 1. The van der Waals surface area contributed by atoms with Gasteiger partial charge < -0.3 is 4.74 Å². The summed E-state index contributed by atoms with van der Waals surface area (Å²) in [6.07, 6.45) is 1.20. The maximum Gasteiger partial charge on any atom is 0.120 e. The molecule has 0 aromatic heterocycles. The highest BCUT2D eigenvalue weighted by atomic mass is 16.5. The fourth-order valence-electron chi connectivity index (χ4n) is 2.37. The molecule has 0 bridgehead atoms. The van der Waals surface area contributed by atoms with Gasteiger partial charge in [0.15, 0.2) is 0 Å². The molecule has 0 radical (unpaired) electrons. The molecule has 0 spiro atoms. The summed E-state index contributed by atoms with van der Waals surface area (Å²) in [7, 11) is 0. The number of ether oxygens (including phenoxy) is 1. The molecule has 0 aliphatic carbocycles. The Balaban J connectivity index is 2.27. The smallest absolute Gasteiger partial charge is 0.120 e. The van der Waals surface area contributed by atoms with Crippen molar-refractivity contribution in [3.05, 3.63) is 65.2 Å². The molecule has 2 aromatic carbocycles. The molecule has 2 rings (SSSR count). The number of hydrazine groups is 1. The van der Waals surface area contributed by atoms with Crippen molar-refractivity contribution < 1.29 is 4.74 Å². The molecule has 0 aliphatic heterocycles. The molecule has 3 N–H and O–H groups in total. The second-order valence-electron chi connectivity index (χ2n) is 5.43. The molecule has 0 heterocycles. The van der Waals surface area contributed by atoms with Crippen LogP contribution in [0.15, 0.2) is 48.5 Å². The molecular weight excluding hydrogens is 260 g/mol. The first-order valence-corrected chi connectivity index (χ1v) is 7.45. The standard InChI is InChI=1S/C18H24N2O/c1-4-14-8-10-15(11-9-14)18(20-19)16-6-5-7-17(12-16)21-13(2)3/h5-13,18,20H,4,19H2,1-3H3. The molecule has 21 heavy (non-hydrogen) atoms. The van der Waals surface area contributed by atoms with Crippen molar-refractivity contribution in [2.75, 3.05) is 0 Å². The number of nitrogens with one attached hydrogen (secondary N) is 1. The van der Waals surface area contributed by atoms with Crippen molar-refractivity contribution in [1.29, 1.82) is 0 Å². The zero-order valence-corrected chi connectivity index (χ0v) is 13.0. The summed E-state index contributed by atoms with van der Waals surface area (Å²) in [5.41, 5.74) is 6.47. The highest BCUT2D eigenvalue weighted by Gasteiger charge is 2.13. The predicted octanol–water partition coefficient (Wildman–Crippen LogP) is 3.59. The summed E-state index contributed by atoms with van der Waals surface area (Å²) in [5.74, 6) is 6.64. The maximum absolute atomic E-state index is 5.77. The van der Waals surface area contributed by atoms with E-state index in [0.29, 0.717) is 0 Å². The Labute approximate surface area is 127 Å². The van der Waals surface area contributed by atoms with Crippen LogP contribution in [0.3, 0.4) is 0 Å². The molecule has 2 aromatic rings. The summed E-state index contributed by atoms with van der Waals surface area (Å²) < 4.78 is 5.75. The average molecular weight is 284 g/mol. The lowest BCUT2D eigenvalue weighted by Gasteiger charge is -2.19. The van der Waals surface area contributed by atoms with Gasteiger partial charge in [-0.25, -0.2) is 5.43 Å². The van der Waals surface area contributed by atoms with E-state index in [4.69, 9.17) is 10.6 Å². The average Bonchev–Trinajstić information content (AvgIpc) is 2.48. The van der Waals surface area contributed by atoms with Gasteiger partial charge >= 0.3 is 0 Å². The highest BCUT2D eigenvalue weighted by molar-refractivity contribution is 5.37. The Morgan fingerprint density at radius 1 is 1.05 bits per heavy atom. The van der Waals surface area contributed by atoms with Gasteiger partial charge in [-0.3, -0.25) is 5.84 Å². The van der Waals surface area contributed by atoms with Crippen LogP contribution < -0.4 is 16.0 Å². The van der Waals surface area contributed by atoms with E-state index in [0.717, 1.165) is 23.3 Å². The molecule has 0 fully saturated rings. The van der Waals surface area contributed by atoms with Gasteiger partial charge in [0.1, 0.15) is 5.75 Å². The lowest BCUT2D eigenvalue weighted by atomic mass is 9.97. The van der Waals surface area contributed by atoms with Crippen LogP contribution in [0.5, 0.6) is 5.75 Å². The molecule has 0 amide bonds. The lowest BCUT2D eigenvalue weighted by molar-refractivity contribution is 0.242. The van der Waals surface area contributed by atoms with Crippen molar-refractivity contribution in [3.8, 4) is 5.75 Å². The van der Waals surface area contributed by atoms with E-state index in [1.54, 1.807) is 0 Å². The van der Waals surface area contributed by atoms with Gasteiger partial charge in [-0.05, 0) is 49.1 Å². The SMILES string of the molecule is CCc1ccc(C(NN)c2cccc(OC(C)C)c2)cc1. The van der Waals surface area contributed by atoms with Crippen LogP contribution in [0, 0.1) is 0 Å². The Kier molecular flexibility index (Phi) is 5.37. The van der Waals surface area contributed by atoms with E-state index >= 15 is 0 Å². The quantitative estimate of drug-likeness (QED) is 0.629. The Bertz CT molecular complexity index is 564. The fraction of sp³-hybridized carbons (Fsp3) is 0.333. The minimum absolute atomic E-state index is 0.0355. The summed E-state index contributed by atoms with van der Waals surface area (Å²) >= 11 is 0. The van der Waals surface area contributed by atoms with Gasteiger partial charge in [0, 0.05) is 0 Å². The number of rotatable bonds is 6. The van der Waals surface area contributed by atoms with Crippen molar-refractivity contribution in [3.63, 3.8) is 0 Å². The van der Waals surface area contributed by atoms with Crippen LogP contribution in [0.4, 0.5) is 0 Å². The molecule has 112 valence electrons. The van der Waals surface area contributed by atoms with Crippen molar-refractivity contribution >= 4 is 0 Å². The number of aryl methyl sites for hydroxylation is 1. The largest absolute Gasteiger partial charge is 0.491 e. The Morgan fingerprint density at radius 2 is 1.76 bits per heavy atom. The second kappa shape index (κ2) is 7.25. The molecule has 3 heteroatoms. The topological polar surface area (TPSA) is 47.3 Å². The predicted molar refractivity (Wildman–Crippen MR) is 87.2 cm³/mol. The van der Waals surface area contributed by atoms with E-state index in [-0.39, 0.29) is 12.1 Å². The first-order chi connectivity index (χ1) is 10.1. The highest BCUT2D eigenvalue weighted by Crippen LogP contribution is 2.25. The minimum atomic E-state index is -0.0355. The lowest BCUT2D eigenvalue weighted by Crippen LogP contribution is -2.28. The van der Waals surface area contributed by atoms with Crippen LogP contribution in [-0.2, 0) is 6.42 Å². The first kappa shape index (κ1) is 15.5. The summed E-state index contributed by atoms with van der Waals surface area (Å²) in [4.78, 5) is 0. The van der Waals surface area contributed by atoms with Crippen LogP contribution >= 0.6 is 0 Å². The number of benzene rings is 2. The zero-order chi connectivity index (χ0) is 15.2. The van der Waals surface area contributed by atoms with Gasteiger partial charge in [-0.15, -0.1) is 0 Å². The molecule has 0 saturated carbocycles. The van der Waals surface area contributed by atoms with Crippen molar-refractivity contribution in [2.24, 2.45) is 5.84 Å². The molecule has 0 aliphatic rings. The molecule has 3 nitrogen and oxygen atoms in total. The maximum atomic E-state index is 5.77. The molecule has 1 atom stereocenters. The molecule has 1 unspecified atom stereocenters. The second-order valence-corrected chi connectivity index (χ2v) is 5.43. The van der Waals surface area contributed by atoms with E-state index < -0.39 is 0 Å². The Hall–Kier alpha value is -1.84. The van der Waals surface area contributed by atoms with Crippen LogP contribution in [-0.4, -0.2) is 6.10 Å². The van der Waals surface area contributed by atoms with E-state index in [1.807, 2.05) is 32.0 Å². The van der Waals surface area contributed by atoms with E-state index in [9.17, 15) is 0 Å². The van der Waals surface area contributed by atoms with Gasteiger partial charge in [0.05, 0.1) is 12.1 Å². The van der Waals surface area contributed by atoms with E-state index in [1.165, 1.54) is 5.56 Å². The first-order valence-electron chi connectivity index (χ1n) is 7.45. The fourth-order valence-corrected chi connectivity index (χ4v) is 2.37. The molecular formula is C18H24N2O. The minimum Gasteiger partial charge on any atom is -0.491 e. The third-order valence-corrected chi connectivity index (χ3v) is 3.45. The Morgan fingerprint density at radius 3 is 2.33 bits per heavy atom. The van der Waals surface area contributed by atoms with Crippen molar-refractivity contribution in [2.45, 2.75) is 39.3 Å². The summed E-state index contributed by atoms with van der Waals surface area (Å²) in [5, 5.41) is 0. The van der Waals surface area contributed by atoms with Gasteiger partial charge in [-0.1, -0.05) is 43.3 Å².